The molecule has 28 heavy (non-hydrogen) atoms. The summed E-state index contributed by atoms with van der Waals surface area (Å²) in [5.74, 6) is 0.234. The van der Waals surface area contributed by atoms with Crippen LogP contribution in [0.1, 0.15) is 28.8 Å². The first-order valence-electron chi connectivity index (χ1n) is 9.50. The molecule has 6 nitrogen and oxygen atoms in total. The van der Waals surface area contributed by atoms with E-state index in [2.05, 4.69) is 37.6 Å². The van der Waals surface area contributed by atoms with E-state index in [-0.39, 0.29) is 5.91 Å². The number of hydrogen-bond acceptors (Lipinski definition) is 5. The van der Waals surface area contributed by atoms with Crippen LogP contribution in [0.5, 0.6) is 0 Å². The molecule has 2 heterocycles. The van der Waals surface area contributed by atoms with E-state index in [1.54, 1.807) is 0 Å². The van der Waals surface area contributed by atoms with Crippen molar-refractivity contribution in [2.75, 3.05) is 28.6 Å². The number of para-hydroxylation sites is 1. The Hall–Kier alpha value is -3.41. The minimum Gasteiger partial charge on any atom is -0.372 e. The van der Waals surface area contributed by atoms with Gasteiger partial charge in [0.2, 0.25) is 5.95 Å². The van der Waals surface area contributed by atoms with Crippen molar-refractivity contribution in [3.8, 4) is 0 Å². The molecule has 2 N–H and O–H groups in total. The maximum atomic E-state index is 12.4. The summed E-state index contributed by atoms with van der Waals surface area (Å²) < 4.78 is 0. The fourth-order valence-electron chi connectivity index (χ4n) is 3.28. The molecule has 1 fully saturated rings. The minimum absolute atomic E-state index is 0.226. The second-order valence-electron chi connectivity index (χ2n) is 6.93. The van der Waals surface area contributed by atoms with E-state index in [0.717, 1.165) is 30.0 Å². The molecule has 1 aliphatic rings. The highest BCUT2D eigenvalue weighted by atomic mass is 16.1. The average molecular weight is 373 g/mol. The molecule has 0 bridgehead atoms. The molecule has 4 rings (SSSR count). The van der Waals surface area contributed by atoms with Gasteiger partial charge in [-0.15, -0.1) is 0 Å². The van der Waals surface area contributed by atoms with Crippen molar-refractivity contribution in [1.82, 2.24) is 9.97 Å². The first-order valence-corrected chi connectivity index (χ1v) is 9.50. The molecule has 0 atom stereocenters. The van der Waals surface area contributed by atoms with Crippen molar-refractivity contribution < 1.29 is 4.79 Å². The van der Waals surface area contributed by atoms with E-state index in [1.165, 1.54) is 30.9 Å². The zero-order valence-corrected chi connectivity index (χ0v) is 15.9. The molecule has 1 saturated heterocycles. The standard InChI is InChI=1S/C22H23N5O/c1-16-6-2-3-7-20(16)26-21(28)17-14-23-22(24-15-17)25-18-8-10-19(11-9-18)27-12-4-5-13-27/h2-3,6-11,14-15H,4-5,12-13H2,1H3,(H,26,28)(H,23,24,25). The molecular weight excluding hydrogens is 350 g/mol. The third-order valence-electron chi connectivity index (χ3n) is 4.90. The number of carbonyl (C=O) groups excluding carboxylic acids is 1. The number of amides is 1. The molecule has 0 spiro atoms. The summed E-state index contributed by atoms with van der Waals surface area (Å²) in [7, 11) is 0. The van der Waals surface area contributed by atoms with Crippen LogP contribution in [0.4, 0.5) is 23.0 Å². The van der Waals surface area contributed by atoms with Gasteiger partial charge in [0, 0.05) is 42.5 Å². The van der Waals surface area contributed by atoms with Crippen LogP contribution in [0.3, 0.4) is 0 Å². The van der Waals surface area contributed by atoms with Gasteiger partial charge in [0.05, 0.1) is 5.56 Å². The van der Waals surface area contributed by atoms with Gasteiger partial charge in [0.1, 0.15) is 0 Å². The number of benzene rings is 2. The molecule has 142 valence electrons. The molecule has 0 unspecified atom stereocenters. The van der Waals surface area contributed by atoms with Crippen LogP contribution in [-0.4, -0.2) is 29.0 Å². The Kier molecular flexibility index (Phi) is 5.19. The topological polar surface area (TPSA) is 70.2 Å². The Labute approximate surface area is 164 Å². The average Bonchev–Trinajstić information content (AvgIpc) is 3.26. The number of aromatic nitrogens is 2. The Balaban J connectivity index is 1.39. The highest BCUT2D eigenvalue weighted by molar-refractivity contribution is 6.04. The van der Waals surface area contributed by atoms with Crippen molar-refractivity contribution in [3.63, 3.8) is 0 Å². The maximum absolute atomic E-state index is 12.4. The normalized spacial score (nSPS) is 13.4. The van der Waals surface area contributed by atoms with Gasteiger partial charge in [0.25, 0.3) is 5.91 Å². The predicted octanol–water partition coefficient (Wildman–Crippen LogP) is 4.38. The van der Waals surface area contributed by atoms with Gasteiger partial charge in [-0.05, 0) is 55.7 Å². The van der Waals surface area contributed by atoms with Crippen molar-refractivity contribution in [2.45, 2.75) is 19.8 Å². The highest BCUT2D eigenvalue weighted by Crippen LogP contribution is 2.23. The molecule has 2 aromatic carbocycles. The van der Waals surface area contributed by atoms with E-state index in [0.29, 0.717) is 11.5 Å². The van der Waals surface area contributed by atoms with E-state index in [9.17, 15) is 4.79 Å². The summed E-state index contributed by atoms with van der Waals surface area (Å²) in [5, 5.41) is 6.06. The second-order valence-corrected chi connectivity index (χ2v) is 6.93. The van der Waals surface area contributed by atoms with Gasteiger partial charge in [0.15, 0.2) is 0 Å². The van der Waals surface area contributed by atoms with Crippen molar-refractivity contribution >= 4 is 28.9 Å². The number of hydrogen-bond donors (Lipinski definition) is 2. The lowest BCUT2D eigenvalue weighted by atomic mass is 10.2. The van der Waals surface area contributed by atoms with Crippen LogP contribution in [0.2, 0.25) is 0 Å². The minimum atomic E-state index is -0.226. The van der Waals surface area contributed by atoms with Gasteiger partial charge in [-0.25, -0.2) is 9.97 Å². The third kappa shape index (κ3) is 4.11. The third-order valence-corrected chi connectivity index (χ3v) is 4.90. The number of nitrogens with one attached hydrogen (secondary N) is 2. The summed E-state index contributed by atoms with van der Waals surface area (Å²) in [6.07, 6.45) is 5.58. The molecule has 0 aliphatic carbocycles. The fourth-order valence-corrected chi connectivity index (χ4v) is 3.28. The van der Waals surface area contributed by atoms with E-state index in [1.807, 2.05) is 43.3 Å². The van der Waals surface area contributed by atoms with Crippen molar-refractivity contribution in [3.05, 3.63) is 72.1 Å². The first-order chi connectivity index (χ1) is 13.7. The highest BCUT2D eigenvalue weighted by Gasteiger charge is 2.12. The lowest BCUT2D eigenvalue weighted by molar-refractivity contribution is 0.102. The lowest BCUT2D eigenvalue weighted by Gasteiger charge is -2.17. The Morgan fingerprint density at radius 2 is 1.64 bits per heavy atom. The number of anilines is 4. The van der Waals surface area contributed by atoms with Gasteiger partial charge in [-0.3, -0.25) is 4.79 Å². The molecule has 1 aromatic heterocycles. The van der Waals surface area contributed by atoms with Crippen LogP contribution < -0.4 is 15.5 Å². The monoisotopic (exact) mass is 373 g/mol. The summed E-state index contributed by atoms with van der Waals surface area (Å²) >= 11 is 0. The molecular formula is C22H23N5O. The first kappa shape index (κ1) is 18.0. The Morgan fingerprint density at radius 3 is 2.32 bits per heavy atom. The number of rotatable bonds is 5. The zero-order valence-electron chi connectivity index (χ0n) is 15.9. The van der Waals surface area contributed by atoms with Gasteiger partial charge in [-0.1, -0.05) is 18.2 Å². The smallest absolute Gasteiger partial charge is 0.258 e. The molecule has 6 heteroatoms. The van der Waals surface area contributed by atoms with Crippen LogP contribution in [0, 0.1) is 6.92 Å². The van der Waals surface area contributed by atoms with E-state index in [4.69, 9.17) is 0 Å². The van der Waals surface area contributed by atoms with Crippen LogP contribution in [-0.2, 0) is 0 Å². The summed E-state index contributed by atoms with van der Waals surface area (Å²) in [6, 6.07) is 15.9. The van der Waals surface area contributed by atoms with E-state index < -0.39 is 0 Å². The number of nitrogens with zero attached hydrogens (tertiary/aromatic N) is 3. The molecule has 1 amide bonds. The largest absolute Gasteiger partial charge is 0.372 e. The lowest BCUT2D eigenvalue weighted by Crippen LogP contribution is -2.17. The zero-order chi connectivity index (χ0) is 19.3. The SMILES string of the molecule is Cc1ccccc1NC(=O)c1cnc(Nc2ccc(N3CCCC3)cc2)nc1. The Morgan fingerprint density at radius 1 is 0.964 bits per heavy atom. The Bertz CT molecular complexity index is 947. The summed E-state index contributed by atoms with van der Waals surface area (Å²) in [6.45, 7) is 4.21. The predicted molar refractivity (Wildman–Crippen MR) is 112 cm³/mol. The van der Waals surface area contributed by atoms with Gasteiger partial charge in [-0.2, -0.15) is 0 Å². The second kappa shape index (κ2) is 8.08. The van der Waals surface area contributed by atoms with Crippen molar-refractivity contribution in [1.29, 1.82) is 0 Å². The fraction of sp³-hybridized carbons (Fsp3) is 0.227. The maximum Gasteiger partial charge on any atom is 0.258 e. The molecule has 1 aliphatic heterocycles. The summed E-state index contributed by atoms with van der Waals surface area (Å²) in [4.78, 5) is 23.3. The van der Waals surface area contributed by atoms with Crippen LogP contribution >= 0.6 is 0 Å². The molecule has 0 saturated carbocycles. The van der Waals surface area contributed by atoms with Gasteiger partial charge < -0.3 is 15.5 Å². The number of carbonyl (C=O) groups is 1. The number of aryl methyl sites for hydroxylation is 1. The van der Waals surface area contributed by atoms with Crippen molar-refractivity contribution in [2.24, 2.45) is 0 Å². The molecule has 0 radical (unpaired) electrons. The quantitative estimate of drug-likeness (QED) is 0.694. The van der Waals surface area contributed by atoms with Crippen LogP contribution in [0.15, 0.2) is 60.9 Å². The summed E-state index contributed by atoms with van der Waals surface area (Å²) in [5.41, 5.74) is 4.37. The molecule has 3 aromatic rings. The van der Waals surface area contributed by atoms with Crippen LogP contribution in [0.25, 0.3) is 0 Å². The van der Waals surface area contributed by atoms with E-state index >= 15 is 0 Å². The van der Waals surface area contributed by atoms with Gasteiger partial charge >= 0.3 is 0 Å².